The smallest absolute Gasteiger partial charge is 0.130 e. The van der Waals surface area contributed by atoms with Gasteiger partial charge < -0.3 is 10.2 Å². The number of anilines is 1. The highest BCUT2D eigenvalue weighted by atomic mass is 79.9. The van der Waals surface area contributed by atoms with Gasteiger partial charge in [0.15, 0.2) is 0 Å². The molecule has 0 unspecified atom stereocenters. The van der Waals surface area contributed by atoms with Gasteiger partial charge in [-0.05, 0) is 35.8 Å². The lowest BCUT2D eigenvalue weighted by atomic mass is 10.2. The molecular formula is C10H17BrN4. The number of nitrogens with zero attached hydrogens (tertiary/aromatic N) is 3. The van der Waals surface area contributed by atoms with Crippen LogP contribution in [0.2, 0.25) is 0 Å². The number of likely N-dealkylation sites (N-methyl/N-ethyl adjacent to an activating group) is 1. The van der Waals surface area contributed by atoms with Crippen molar-refractivity contribution in [3.05, 3.63) is 10.7 Å². The summed E-state index contributed by atoms with van der Waals surface area (Å²) in [5, 5.41) is 7.57. The third-order valence-corrected chi connectivity index (χ3v) is 3.32. The second-order valence-electron chi connectivity index (χ2n) is 4.00. The number of halogens is 1. The van der Waals surface area contributed by atoms with E-state index < -0.39 is 0 Å². The lowest BCUT2D eigenvalue weighted by Crippen LogP contribution is -2.37. The summed E-state index contributed by atoms with van der Waals surface area (Å²) >= 11 is 3.41. The van der Waals surface area contributed by atoms with Crippen molar-refractivity contribution in [2.24, 2.45) is 7.05 Å². The molecule has 1 saturated heterocycles. The normalized spacial score (nSPS) is 21.3. The molecule has 1 aromatic rings. The first-order valence-electron chi connectivity index (χ1n) is 5.33. The molecule has 5 heteroatoms. The van der Waals surface area contributed by atoms with Crippen LogP contribution in [0.5, 0.6) is 0 Å². The van der Waals surface area contributed by atoms with Crippen LogP contribution < -0.4 is 10.2 Å². The fraction of sp³-hybridized carbons (Fsp3) is 0.700. The van der Waals surface area contributed by atoms with E-state index in [0.29, 0.717) is 6.04 Å². The van der Waals surface area contributed by atoms with Crippen molar-refractivity contribution >= 4 is 21.7 Å². The molecule has 1 aromatic heterocycles. The van der Waals surface area contributed by atoms with E-state index in [0.717, 1.165) is 17.7 Å². The Morgan fingerprint density at radius 1 is 1.67 bits per heavy atom. The standard InChI is InChI=1S/C10H17BrN4/c1-12-7-8-4-3-5-15(8)10-6-9(11)13-14(10)2/h6,8,12H,3-5,7H2,1-2H3/t8-/m1/s1. The van der Waals surface area contributed by atoms with E-state index in [4.69, 9.17) is 0 Å². The summed E-state index contributed by atoms with van der Waals surface area (Å²) in [7, 11) is 4.00. The largest absolute Gasteiger partial charge is 0.353 e. The summed E-state index contributed by atoms with van der Waals surface area (Å²) in [6.07, 6.45) is 2.54. The number of rotatable bonds is 3. The minimum atomic E-state index is 0.609. The Morgan fingerprint density at radius 3 is 3.07 bits per heavy atom. The molecule has 0 aliphatic carbocycles. The summed E-state index contributed by atoms with van der Waals surface area (Å²) in [6, 6.07) is 2.70. The van der Waals surface area contributed by atoms with E-state index >= 15 is 0 Å². The molecule has 1 aliphatic rings. The van der Waals surface area contributed by atoms with Gasteiger partial charge in [-0.2, -0.15) is 5.10 Å². The molecule has 1 aliphatic heterocycles. The molecular weight excluding hydrogens is 256 g/mol. The zero-order chi connectivity index (χ0) is 10.8. The van der Waals surface area contributed by atoms with Crippen LogP contribution in [0, 0.1) is 0 Å². The van der Waals surface area contributed by atoms with Crippen LogP contribution in [-0.4, -0.2) is 36.0 Å². The molecule has 0 amide bonds. The van der Waals surface area contributed by atoms with Gasteiger partial charge in [0, 0.05) is 32.2 Å². The van der Waals surface area contributed by atoms with Crippen LogP contribution in [0.3, 0.4) is 0 Å². The molecule has 84 valence electrons. The quantitative estimate of drug-likeness (QED) is 0.903. The fourth-order valence-corrected chi connectivity index (χ4v) is 2.72. The van der Waals surface area contributed by atoms with Crippen LogP contribution in [-0.2, 0) is 7.05 Å². The van der Waals surface area contributed by atoms with Gasteiger partial charge in [-0.25, -0.2) is 0 Å². The Morgan fingerprint density at radius 2 is 2.47 bits per heavy atom. The van der Waals surface area contributed by atoms with Crippen LogP contribution in [0.25, 0.3) is 0 Å². The minimum Gasteiger partial charge on any atom is -0.353 e. The summed E-state index contributed by atoms with van der Waals surface area (Å²) in [4.78, 5) is 2.44. The van der Waals surface area contributed by atoms with Gasteiger partial charge in [-0.1, -0.05) is 0 Å². The SMILES string of the molecule is CNC[C@H]1CCCN1c1cc(Br)nn1C. The average Bonchev–Trinajstić information content (AvgIpc) is 2.73. The fourth-order valence-electron chi connectivity index (χ4n) is 2.28. The van der Waals surface area contributed by atoms with Crippen LogP contribution in [0.1, 0.15) is 12.8 Å². The third kappa shape index (κ3) is 2.18. The van der Waals surface area contributed by atoms with Gasteiger partial charge in [0.2, 0.25) is 0 Å². The number of hydrogen-bond donors (Lipinski definition) is 1. The van der Waals surface area contributed by atoms with E-state index in [2.05, 4.69) is 37.3 Å². The molecule has 0 bridgehead atoms. The predicted octanol–water partition coefficient (Wildman–Crippen LogP) is 1.37. The number of aromatic nitrogens is 2. The van der Waals surface area contributed by atoms with E-state index in [-0.39, 0.29) is 0 Å². The van der Waals surface area contributed by atoms with Crippen molar-refractivity contribution in [1.82, 2.24) is 15.1 Å². The first kappa shape index (κ1) is 11.0. The number of hydrogen-bond acceptors (Lipinski definition) is 3. The van der Waals surface area contributed by atoms with Crippen molar-refractivity contribution in [3.63, 3.8) is 0 Å². The van der Waals surface area contributed by atoms with E-state index in [1.54, 1.807) is 0 Å². The molecule has 1 N–H and O–H groups in total. The molecule has 1 atom stereocenters. The Bertz CT molecular complexity index is 336. The Kier molecular flexibility index (Phi) is 3.31. The number of aryl methyl sites for hydroxylation is 1. The van der Waals surface area contributed by atoms with Gasteiger partial charge in [0.1, 0.15) is 10.4 Å². The van der Waals surface area contributed by atoms with Crippen molar-refractivity contribution in [2.75, 3.05) is 25.0 Å². The van der Waals surface area contributed by atoms with Gasteiger partial charge >= 0.3 is 0 Å². The van der Waals surface area contributed by atoms with E-state index in [1.807, 2.05) is 18.8 Å². The average molecular weight is 273 g/mol. The zero-order valence-electron chi connectivity index (χ0n) is 9.20. The summed E-state index contributed by atoms with van der Waals surface area (Å²) in [5.41, 5.74) is 0. The molecule has 2 rings (SSSR count). The van der Waals surface area contributed by atoms with Crippen LogP contribution in [0.15, 0.2) is 10.7 Å². The van der Waals surface area contributed by atoms with Crippen molar-refractivity contribution in [2.45, 2.75) is 18.9 Å². The number of nitrogens with one attached hydrogen (secondary N) is 1. The van der Waals surface area contributed by atoms with Gasteiger partial charge in [0.25, 0.3) is 0 Å². The molecule has 1 fully saturated rings. The molecule has 0 radical (unpaired) electrons. The van der Waals surface area contributed by atoms with Crippen molar-refractivity contribution < 1.29 is 0 Å². The van der Waals surface area contributed by atoms with E-state index in [9.17, 15) is 0 Å². The van der Waals surface area contributed by atoms with Gasteiger partial charge in [0.05, 0.1) is 0 Å². The summed E-state index contributed by atoms with van der Waals surface area (Å²) < 4.78 is 2.85. The maximum atomic E-state index is 4.32. The first-order chi connectivity index (χ1) is 7.22. The third-order valence-electron chi connectivity index (χ3n) is 2.94. The lowest BCUT2D eigenvalue weighted by molar-refractivity contribution is 0.598. The second kappa shape index (κ2) is 4.53. The topological polar surface area (TPSA) is 33.1 Å². The lowest BCUT2D eigenvalue weighted by Gasteiger charge is -2.26. The van der Waals surface area contributed by atoms with Crippen molar-refractivity contribution in [3.8, 4) is 0 Å². The maximum absolute atomic E-state index is 4.32. The Hall–Kier alpha value is -0.550. The highest BCUT2D eigenvalue weighted by Crippen LogP contribution is 2.26. The monoisotopic (exact) mass is 272 g/mol. The molecule has 0 aromatic carbocycles. The van der Waals surface area contributed by atoms with Crippen LogP contribution in [0.4, 0.5) is 5.82 Å². The molecule has 0 spiro atoms. The van der Waals surface area contributed by atoms with Gasteiger partial charge in [-0.3, -0.25) is 4.68 Å². The predicted molar refractivity (Wildman–Crippen MR) is 65.2 cm³/mol. The highest BCUT2D eigenvalue weighted by molar-refractivity contribution is 9.10. The molecule has 4 nitrogen and oxygen atoms in total. The molecule has 15 heavy (non-hydrogen) atoms. The molecule has 2 heterocycles. The Labute approximate surface area is 98.8 Å². The van der Waals surface area contributed by atoms with Gasteiger partial charge in [-0.15, -0.1) is 0 Å². The second-order valence-corrected chi connectivity index (χ2v) is 4.81. The molecule has 0 saturated carbocycles. The highest BCUT2D eigenvalue weighted by Gasteiger charge is 2.26. The van der Waals surface area contributed by atoms with Crippen molar-refractivity contribution in [1.29, 1.82) is 0 Å². The minimum absolute atomic E-state index is 0.609. The zero-order valence-corrected chi connectivity index (χ0v) is 10.8. The summed E-state index contributed by atoms with van der Waals surface area (Å²) in [6.45, 7) is 2.18. The van der Waals surface area contributed by atoms with E-state index in [1.165, 1.54) is 18.7 Å². The first-order valence-corrected chi connectivity index (χ1v) is 6.12. The summed E-state index contributed by atoms with van der Waals surface area (Å²) in [5.74, 6) is 1.21. The maximum Gasteiger partial charge on any atom is 0.130 e. The van der Waals surface area contributed by atoms with Crippen LogP contribution >= 0.6 is 15.9 Å². The Balaban J connectivity index is 2.18.